The van der Waals surface area contributed by atoms with Gasteiger partial charge in [0.2, 0.25) is 0 Å². The van der Waals surface area contributed by atoms with E-state index < -0.39 is 0 Å². The summed E-state index contributed by atoms with van der Waals surface area (Å²) >= 11 is 0. The second-order valence-corrected chi connectivity index (χ2v) is 5.62. The van der Waals surface area contributed by atoms with E-state index in [4.69, 9.17) is 10.00 Å². The molecule has 4 heteroatoms. The van der Waals surface area contributed by atoms with Gasteiger partial charge < -0.3 is 14.6 Å². The van der Waals surface area contributed by atoms with Crippen LogP contribution in [0, 0.1) is 11.3 Å². The van der Waals surface area contributed by atoms with Crippen molar-refractivity contribution >= 4 is 0 Å². The molecule has 2 rings (SSSR count). The molecule has 0 amide bonds. The Morgan fingerprint density at radius 2 is 2.20 bits per heavy atom. The van der Waals surface area contributed by atoms with Crippen molar-refractivity contribution in [2.45, 2.75) is 51.2 Å². The van der Waals surface area contributed by atoms with E-state index in [-0.39, 0.29) is 0 Å². The lowest BCUT2D eigenvalue weighted by molar-refractivity contribution is 0.0273. The van der Waals surface area contributed by atoms with E-state index in [0.717, 1.165) is 31.7 Å². The Kier molecular flexibility index (Phi) is 6.10. The summed E-state index contributed by atoms with van der Waals surface area (Å²) in [6, 6.07) is 4.11. The van der Waals surface area contributed by atoms with Gasteiger partial charge in [0.05, 0.1) is 6.10 Å². The minimum atomic E-state index is 0.510. The van der Waals surface area contributed by atoms with Crippen LogP contribution < -0.4 is 5.32 Å². The van der Waals surface area contributed by atoms with Gasteiger partial charge in [-0.05, 0) is 37.4 Å². The Bertz CT molecular complexity index is 441. The van der Waals surface area contributed by atoms with Crippen LogP contribution in [0.4, 0.5) is 0 Å². The Balaban J connectivity index is 1.54. The van der Waals surface area contributed by atoms with Gasteiger partial charge in [0.1, 0.15) is 11.8 Å². The maximum absolute atomic E-state index is 8.89. The molecule has 0 bridgehead atoms. The summed E-state index contributed by atoms with van der Waals surface area (Å²) in [6.45, 7) is 2.64. The van der Waals surface area contributed by atoms with E-state index in [1.807, 2.05) is 23.9 Å². The Hall–Kier alpha value is -1.31. The van der Waals surface area contributed by atoms with Crippen molar-refractivity contribution in [2.24, 2.45) is 7.05 Å². The van der Waals surface area contributed by atoms with Crippen molar-refractivity contribution in [2.75, 3.05) is 13.2 Å². The zero-order valence-electron chi connectivity index (χ0n) is 12.4. The fourth-order valence-electron chi connectivity index (χ4n) is 2.75. The van der Waals surface area contributed by atoms with Crippen LogP contribution in [-0.2, 0) is 18.3 Å². The molecule has 1 fully saturated rings. The van der Waals surface area contributed by atoms with Gasteiger partial charge in [-0.15, -0.1) is 0 Å². The molecule has 0 radical (unpaired) electrons. The van der Waals surface area contributed by atoms with Gasteiger partial charge in [-0.1, -0.05) is 19.3 Å². The minimum Gasteiger partial charge on any atom is -0.378 e. The summed E-state index contributed by atoms with van der Waals surface area (Å²) < 4.78 is 7.75. The van der Waals surface area contributed by atoms with Crippen molar-refractivity contribution in [1.29, 1.82) is 5.26 Å². The summed E-state index contributed by atoms with van der Waals surface area (Å²) in [4.78, 5) is 0. The van der Waals surface area contributed by atoms with E-state index >= 15 is 0 Å². The number of aryl methyl sites for hydroxylation is 1. The van der Waals surface area contributed by atoms with Gasteiger partial charge in [-0.3, -0.25) is 0 Å². The summed E-state index contributed by atoms with van der Waals surface area (Å²) in [6.07, 6.45) is 10.1. The van der Waals surface area contributed by atoms with Crippen LogP contribution in [-0.4, -0.2) is 23.8 Å². The number of hydrogen-bond donors (Lipinski definition) is 1. The molecule has 0 unspecified atom stereocenters. The van der Waals surface area contributed by atoms with E-state index in [1.165, 1.54) is 32.1 Å². The van der Waals surface area contributed by atoms with E-state index in [0.29, 0.717) is 11.8 Å². The summed E-state index contributed by atoms with van der Waals surface area (Å²) in [5, 5.41) is 12.3. The monoisotopic (exact) mass is 275 g/mol. The van der Waals surface area contributed by atoms with E-state index in [9.17, 15) is 0 Å². The van der Waals surface area contributed by atoms with Crippen molar-refractivity contribution in [3.63, 3.8) is 0 Å². The number of nitrogens with zero attached hydrogens (tertiary/aromatic N) is 2. The van der Waals surface area contributed by atoms with Crippen molar-refractivity contribution in [3.05, 3.63) is 23.5 Å². The predicted molar refractivity (Wildman–Crippen MR) is 79.3 cm³/mol. The number of nitrogens with one attached hydrogen (secondary N) is 1. The quantitative estimate of drug-likeness (QED) is 0.778. The van der Waals surface area contributed by atoms with Crippen LogP contribution >= 0.6 is 0 Å². The molecule has 110 valence electrons. The summed E-state index contributed by atoms with van der Waals surface area (Å²) in [7, 11) is 1.90. The van der Waals surface area contributed by atoms with Gasteiger partial charge in [0, 0.05) is 26.4 Å². The van der Waals surface area contributed by atoms with E-state index in [2.05, 4.69) is 11.4 Å². The lowest BCUT2D eigenvalue weighted by atomic mass is 9.98. The normalized spacial score (nSPS) is 16.2. The van der Waals surface area contributed by atoms with Crippen molar-refractivity contribution in [3.8, 4) is 6.07 Å². The van der Waals surface area contributed by atoms with E-state index in [1.54, 1.807) is 0 Å². The minimum absolute atomic E-state index is 0.510. The lowest BCUT2D eigenvalue weighted by Crippen LogP contribution is -2.20. The first-order chi connectivity index (χ1) is 9.79. The highest BCUT2D eigenvalue weighted by Crippen LogP contribution is 2.20. The number of nitriles is 1. The van der Waals surface area contributed by atoms with Crippen LogP contribution in [0.2, 0.25) is 0 Å². The molecule has 0 aliphatic heterocycles. The Labute approximate surface area is 121 Å². The molecule has 1 aliphatic rings. The maximum Gasteiger partial charge on any atom is 0.120 e. The lowest BCUT2D eigenvalue weighted by Gasteiger charge is -2.21. The number of hydrogen-bond acceptors (Lipinski definition) is 3. The third-order valence-corrected chi connectivity index (χ3v) is 3.91. The van der Waals surface area contributed by atoms with Crippen LogP contribution in [0.1, 0.15) is 49.8 Å². The molecular formula is C16H25N3O. The third kappa shape index (κ3) is 4.66. The summed E-state index contributed by atoms with van der Waals surface area (Å²) in [5.41, 5.74) is 1.87. The topological polar surface area (TPSA) is 50.0 Å². The Morgan fingerprint density at radius 1 is 1.40 bits per heavy atom. The zero-order valence-corrected chi connectivity index (χ0v) is 12.4. The molecule has 0 spiro atoms. The fourth-order valence-corrected chi connectivity index (χ4v) is 2.75. The molecule has 1 heterocycles. The maximum atomic E-state index is 8.89. The Morgan fingerprint density at radius 3 is 2.90 bits per heavy atom. The molecule has 1 saturated carbocycles. The molecular weight excluding hydrogens is 250 g/mol. The van der Waals surface area contributed by atoms with Crippen molar-refractivity contribution < 1.29 is 4.74 Å². The zero-order chi connectivity index (χ0) is 14.2. The molecule has 0 aromatic carbocycles. The molecule has 0 saturated heterocycles. The molecule has 1 N–H and O–H groups in total. The molecule has 4 nitrogen and oxygen atoms in total. The second kappa shape index (κ2) is 8.08. The van der Waals surface area contributed by atoms with Crippen molar-refractivity contribution in [1.82, 2.24) is 9.88 Å². The first kappa shape index (κ1) is 15.1. The summed E-state index contributed by atoms with van der Waals surface area (Å²) in [5.74, 6) is 0. The fraction of sp³-hybridized carbons (Fsp3) is 0.688. The first-order valence-electron chi connectivity index (χ1n) is 7.67. The molecule has 1 aromatic rings. The van der Waals surface area contributed by atoms with Gasteiger partial charge in [0.15, 0.2) is 0 Å². The molecule has 1 aliphatic carbocycles. The van der Waals surface area contributed by atoms with Crippen LogP contribution in [0.25, 0.3) is 0 Å². The highest BCUT2D eigenvalue weighted by atomic mass is 16.5. The predicted octanol–water partition coefficient (Wildman–Crippen LogP) is 2.73. The van der Waals surface area contributed by atoms with Gasteiger partial charge >= 0.3 is 0 Å². The first-order valence-corrected chi connectivity index (χ1v) is 7.67. The standard InChI is InChI=1S/C16H25N3O/c1-19-13-14(10-15(19)11-17)12-18-8-5-9-20-16-6-3-2-4-7-16/h10,13,16,18H,2-9,12H2,1H3. The second-order valence-electron chi connectivity index (χ2n) is 5.62. The highest BCUT2D eigenvalue weighted by molar-refractivity contribution is 5.28. The SMILES string of the molecule is Cn1cc(CNCCCOC2CCCCC2)cc1C#N. The van der Waals surface area contributed by atoms with Crippen LogP contribution in [0.3, 0.4) is 0 Å². The average molecular weight is 275 g/mol. The molecule has 20 heavy (non-hydrogen) atoms. The van der Waals surface area contributed by atoms with Gasteiger partial charge in [-0.2, -0.15) is 5.26 Å². The third-order valence-electron chi connectivity index (χ3n) is 3.91. The number of aromatic nitrogens is 1. The smallest absolute Gasteiger partial charge is 0.120 e. The van der Waals surface area contributed by atoms with Crippen LogP contribution in [0.5, 0.6) is 0 Å². The number of ether oxygens (including phenoxy) is 1. The van der Waals surface area contributed by atoms with Crippen LogP contribution in [0.15, 0.2) is 12.3 Å². The number of rotatable bonds is 7. The molecule has 1 aromatic heterocycles. The largest absolute Gasteiger partial charge is 0.378 e. The van der Waals surface area contributed by atoms with Gasteiger partial charge in [0.25, 0.3) is 0 Å². The van der Waals surface area contributed by atoms with Gasteiger partial charge in [-0.25, -0.2) is 0 Å². The average Bonchev–Trinajstić information content (AvgIpc) is 2.84. The molecule has 0 atom stereocenters. The highest BCUT2D eigenvalue weighted by Gasteiger charge is 2.12.